The van der Waals surface area contributed by atoms with Crippen molar-refractivity contribution in [2.45, 2.75) is 25.7 Å². The highest BCUT2D eigenvalue weighted by Gasteiger charge is 2.21. The van der Waals surface area contributed by atoms with E-state index in [1.54, 1.807) is 6.20 Å². The van der Waals surface area contributed by atoms with Gasteiger partial charge in [0.15, 0.2) is 0 Å². The molecule has 0 unspecified atom stereocenters. The number of esters is 1. The molecule has 2 heterocycles. The smallest absolute Gasteiger partial charge is 0.309 e. The first kappa shape index (κ1) is 13.0. The fourth-order valence-electron chi connectivity index (χ4n) is 2.17. The van der Waals surface area contributed by atoms with E-state index in [1.165, 1.54) is 5.56 Å². The molecule has 98 valence electrons. The zero-order chi connectivity index (χ0) is 12.6. The molecule has 0 atom stereocenters. The Bertz CT molecular complexity index is 361. The van der Waals surface area contributed by atoms with E-state index in [0.717, 1.165) is 38.8 Å². The van der Waals surface area contributed by atoms with E-state index in [4.69, 9.17) is 4.74 Å². The fraction of sp³-hybridized carbons (Fsp3) is 0.571. The fourth-order valence-corrected chi connectivity index (χ4v) is 2.17. The van der Waals surface area contributed by atoms with Gasteiger partial charge >= 0.3 is 5.97 Å². The normalized spacial score (nSPS) is 16.4. The number of aromatic nitrogens is 1. The molecule has 1 aromatic heterocycles. The van der Waals surface area contributed by atoms with E-state index in [9.17, 15) is 4.79 Å². The molecule has 1 saturated heterocycles. The molecule has 1 fully saturated rings. The number of piperidine rings is 1. The third-order valence-corrected chi connectivity index (χ3v) is 3.25. The van der Waals surface area contributed by atoms with E-state index >= 15 is 0 Å². The molecule has 1 aliphatic heterocycles. The topological polar surface area (TPSA) is 51.2 Å². The van der Waals surface area contributed by atoms with E-state index < -0.39 is 0 Å². The van der Waals surface area contributed by atoms with Crippen molar-refractivity contribution in [2.75, 3.05) is 19.7 Å². The number of carbonyl (C=O) groups excluding carboxylic acids is 1. The molecule has 4 nitrogen and oxygen atoms in total. The van der Waals surface area contributed by atoms with Crippen LogP contribution in [0, 0.1) is 5.92 Å². The molecule has 0 aromatic carbocycles. The lowest BCUT2D eigenvalue weighted by Gasteiger charge is -2.20. The van der Waals surface area contributed by atoms with Crippen LogP contribution in [0.25, 0.3) is 0 Å². The van der Waals surface area contributed by atoms with Crippen LogP contribution in [-0.2, 0) is 16.0 Å². The molecule has 0 spiro atoms. The minimum Gasteiger partial charge on any atom is -0.465 e. The molecule has 1 aliphatic rings. The van der Waals surface area contributed by atoms with Crippen LogP contribution < -0.4 is 5.32 Å². The molecule has 1 aromatic rings. The van der Waals surface area contributed by atoms with Crippen LogP contribution in [-0.4, -0.2) is 30.6 Å². The third kappa shape index (κ3) is 4.11. The van der Waals surface area contributed by atoms with Crippen LogP contribution in [0.15, 0.2) is 24.5 Å². The lowest BCUT2D eigenvalue weighted by Crippen LogP contribution is -2.32. The Labute approximate surface area is 108 Å². The molecule has 0 bridgehead atoms. The average Bonchev–Trinajstić information content (AvgIpc) is 2.45. The zero-order valence-electron chi connectivity index (χ0n) is 10.6. The maximum absolute atomic E-state index is 11.7. The van der Waals surface area contributed by atoms with E-state index in [-0.39, 0.29) is 11.9 Å². The Morgan fingerprint density at radius 3 is 3.00 bits per heavy atom. The molecule has 1 N–H and O–H groups in total. The minimum absolute atomic E-state index is 0.0253. The monoisotopic (exact) mass is 248 g/mol. The van der Waals surface area contributed by atoms with Gasteiger partial charge in [0, 0.05) is 12.4 Å². The van der Waals surface area contributed by atoms with Gasteiger partial charge < -0.3 is 10.1 Å². The number of hydrogen-bond donors (Lipinski definition) is 1. The highest BCUT2D eigenvalue weighted by Crippen LogP contribution is 2.13. The zero-order valence-corrected chi connectivity index (χ0v) is 10.6. The van der Waals surface area contributed by atoms with Crippen LogP contribution in [0.2, 0.25) is 0 Å². The summed E-state index contributed by atoms with van der Waals surface area (Å²) in [7, 11) is 0. The molecular formula is C14H20N2O2. The predicted molar refractivity (Wildman–Crippen MR) is 69.1 cm³/mol. The van der Waals surface area contributed by atoms with Gasteiger partial charge in [0.25, 0.3) is 0 Å². The summed E-state index contributed by atoms with van der Waals surface area (Å²) in [5.74, 6) is 0.0762. The van der Waals surface area contributed by atoms with Crippen LogP contribution in [0.3, 0.4) is 0 Å². The maximum Gasteiger partial charge on any atom is 0.309 e. The first-order chi connectivity index (χ1) is 8.86. The predicted octanol–water partition coefficient (Wildman–Crippen LogP) is 1.56. The van der Waals surface area contributed by atoms with E-state index in [2.05, 4.69) is 10.3 Å². The molecule has 0 aliphatic carbocycles. The van der Waals surface area contributed by atoms with Crippen molar-refractivity contribution in [3.05, 3.63) is 30.1 Å². The van der Waals surface area contributed by atoms with Gasteiger partial charge in [-0.05, 0) is 50.4 Å². The summed E-state index contributed by atoms with van der Waals surface area (Å²) < 4.78 is 5.32. The number of rotatable bonds is 5. The van der Waals surface area contributed by atoms with E-state index in [1.807, 2.05) is 18.3 Å². The minimum atomic E-state index is -0.0253. The highest BCUT2D eigenvalue weighted by atomic mass is 16.5. The molecule has 4 heteroatoms. The second-order valence-corrected chi connectivity index (χ2v) is 4.66. The third-order valence-electron chi connectivity index (χ3n) is 3.25. The molecule has 0 saturated carbocycles. The van der Waals surface area contributed by atoms with Gasteiger partial charge in [0.1, 0.15) is 0 Å². The van der Waals surface area contributed by atoms with Crippen molar-refractivity contribution >= 4 is 5.97 Å². The van der Waals surface area contributed by atoms with Crippen molar-refractivity contribution in [3.8, 4) is 0 Å². The molecule has 2 rings (SSSR count). The SMILES string of the molecule is O=C(OCCCc1cccnc1)C1CCNCC1. The molecule has 0 radical (unpaired) electrons. The Morgan fingerprint density at radius 2 is 2.28 bits per heavy atom. The van der Waals surface area contributed by atoms with Crippen molar-refractivity contribution in [1.82, 2.24) is 10.3 Å². The second kappa shape index (κ2) is 7.11. The number of aryl methyl sites for hydroxylation is 1. The van der Waals surface area contributed by atoms with Crippen LogP contribution >= 0.6 is 0 Å². The summed E-state index contributed by atoms with van der Waals surface area (Å²) in [4.78, 5) is 15.8. The van der Waals surface area contributed by atoms with Crippen molar-refractivity contribution in [1.29, 1.82) is 0 Å². The van der Waals surface area contributed by atoms with Crippen molar-refractivity contribution in [2.24, 2.45) is 5.92 Å². The van der Waals surface area contributed by atoms with Gasteiger partial charge in [0.2, 0.25) is 0 Å². The lowest BCUT2D eigenvalue weighted by atomic mass is 9.98. The van der Waals surface area contributed by atoms with Crippen molar-refractivity contribution in [3.63, 3.8) is 0 Å². The summed E-state index contributed by atoms with van der Waals surface area (Å²) >= 11 is 0. The Balaban J connectivity index is 1.61. The van der Waals surface area contributed by atoms with Gasteiger partial charge in [-0.1, -0.05) is 6.07 Å². The number of pyridine rings is 1. The first-order valence-corrected chi connectivity index (χ1v) is 6.62. The number of nitrogens with one attached hydrogen (secondary N) is 1. The highest BCUT2D eigenvalue weighted by molar-refractivity contribution is 5.72. The molecule has 0 amide bonds. The summed E-state index contributed by atoms with van der Waals surface area (Å²) in [5.41, 5.74) is 1.19. The quantitative estimate of drug-likeness (QED) is 0.634. The first-order valence-electron chi connectivity index (χ1n) is 6.62. The van der Waals surface area contributed by atoms with Crippen LogP contribution in [0.1, 0.15) is 24.8 Å². The van der Waals surface area contributed by atoms with Gasteiger partial charge in [-0.25, -0.2) is 0 Å². The number of nitrogens with zero attached hydrogens (tertiary/aromatic N) is 1. The second-order valence-electron chi connectivity index (χ2n) is 4.66. The van der Waals surface area contributed by atoms with Crippen LogP contribution in [0.5, 0.6) is 0 Å². The standard InChI is InChI=1S/C14H20N2O2/c17-14(13-5-8-15-9-6-13)18-10-2-4-12-3-1-7-16-11-12/h1,3,7,11,13,15H,2,4-6,8-10H2. The summed E-state index contributed by atoms with van der Waals surface area (Å²) in [5, 5.41) is 3.24. The van der Waals surface area contributed by atoms with Crippen LogP contribution in [0.4, 0.5) is 0 Å². The number of hydrogen-bond acceptors (Lipinski definition) is 4. The van der Waals surface area contributed by atoms with Gasteiger partial charge in [0.05, 0.1) is 12.5 Å². The van der Waals surface area contributed by atoms with Gasteiger partial charge in [-0.2, -0.15) is 0 Å². The number of ether oxygens (including phenoxy) is 1. The maximum atomic E-state index is 11.7. The number of carbonyl (C=O) groups is 1. The summed E-state index contributed by atoms with van der Waals surface area (Å²) in [6.07, 6.45) is 7.20. The lowest BCUT2D eigenvalue weighted by molar-refractivity contribution is -0.149. The van der Waals surface area contributed by atoms with Gasteiger partial charge in [-0.3, -0.25) is 9.78 Å². The van der Waals surface area contributed by atoms with Crippen molar-refractivity contribution < 1.29 is 9.53 Å². The van der Waals surface area contributed by atoms with Gasteiger partial charge in [-0.15, -0.1) is 0 Å². The summed E-state index contributed by atoms with van der Waals surface area (Å²) in [6.45, 7) is 2.36. The van der Waals surface area contributed by atoms with E-state index in [0.29, 0.717) is 6.61 Å². The Kier molecular flexibility index (Phi) is 5.15. The average molecular weight is 248 g/mol. The Hall–Kier alpha value is -1.42. The molecular weight excluding hydrogens is 228 g/mol. The molecule has 18 heavy (non-hydrogen) atoms. The largest absolute Gasteiger partial charge is 0.465 e. The Morgan fingerprint density at radius 1 is 1.44 bits per heavy atom. The summed E-state index contributed by atoms with van der Waals surface area (Å²) in [6, 6.07) is 3.97.